The van der Waals surface area contributed by atoms with Crippen molar-refractivity contribution in [1.82, 2.24) is 15.0 Å². The maximum atomic E-state index is 12.6. The van der Waals surface area contributed by atoms with Crippen LogP contribution in [-0.2, 0) is 10.2 Å². The van der Waals surface area contributed by atoms with Crippen molar-refractivity contribution in [3.63, 3.8) is 0 Å². The van der Waals surface area contributed by atoms with Gasteiger partial charge in [-0.25, -0.2) is 9.97 Å². The maximum Gasteiger partial charge on any atom is 0.237 e. The molecular formula is C18H14N4O. The first kappa shape index (κ1) is 12.7. The summed E-state index contributed by atoms with van der Waals surface area (Å²) in [6, 6.07) is 6.16. The van der Waals surface area contributed by atoms with Gasteiger partial charge in [0.1, 0.15) is 6.33 Å². The summed E-state index contributed by atoms with van der Waals surface area (Å²) in [5, 5.41) is 1.07. The van der Waals surface area contributed by atoms with E-state index in [0.29, 0.717) is 0 Å². The van der Waals surface area contributed by atoms with Crippen molar-refractivity contribution in [2.45, 2.75) is 18.3 Å². The lowest BCUT2D eigenvalue weighted by atomic mass is 9.92. The highest BCUT2D eigenvalue weighted by Gasteiger charge is 2.59. The molecule has 0 atom stereocenters. The van der Waals surface area contributed by atoms with Gasteiger partial charge in [0, 0.05) is 36.0 Å². The van der Waals surface area contributed by atoms with Gasteiger partial charge in [0.05, 0.1) is 22.8 Å². The average Bonchev–Trinajstić information content (AvgIpc) is 3.37. The topological polar surface area (TPSA) is 59.0 Å². The second-order valence-corrected chi connectivity index (χ2v) is 6.32. The minimum absolute atomic E-state index is 0.204. The molecule has 5 nitrogen and oxygen atoms in total. The normalized spacial score (nSPS) is 17.8. The van der Waals surface area contributed by atoms with Crippen LogP contribution in [0, 0.1) is 0 Å². The van der Waals surface area contributed by atoms with Crippen molar-refractivity contribution in [3.05, 3.63) is 48.7 Å². The third kappa shape index (κ3) is 1.56. The van der Waals surface area contributed by atoms with Crippen molar-refractivity contribution in [2.24, 2.45) is 0 Å². The van der Waals surface area contributed by atoms with Gasteiger partial charge < -0.3 is 4.90 Å². The van der Waals surface area contributed by atoms with Crippen molar-refractivity contribution in [3.8, 4) is 11.1 Å². The third-order valence-corrected chi connectivity index (χ3v) is 5.05. The largest absolute Gasteiger partial charge is 0.313 e. The van der Waals surface area contributed by atoms with E-state index in [4.69, 9.17) is 0 Å². The zero-order valence-electron chi connectivity index (χ0n) is 12.7. The van der Waals surface area contributed by atoms with Crippen molar-refractivity contribution in [2.75, 3.05) is 11.9 Å². The molecule has 0 bridgehead atoms. The van der Waals surface area contributed by atoms with Gasteiger partial charge in [0.15, 0.2) is 0 Å². The quantitative estimate of drug-likeness (QED) is 0.693. The Hall–Kier alpha value is -2.82. The number of hydrogen-bond acceptors (Lipinski definition) is 4. The zero-order chi connectivity index (χ0) is 15.6. The lowest BCUT2D eigenvalue weighted by Gasteiger charge is -2.11. The summed E-state index contributed by atoms with van der Waals surface area (Å²) in [5.74, 6) is 0.204. The van der Waals surface area contributed by atoms with Gasteiger partial charge in [-0.05, 0) is 30.5 Å². The lowest BCUT2D eigenvalue weighted by Crippen LogP contribution is -2.28. The first-order valence-corrected chi connectivity index (χ1v) is 7.67. The van der Waals surface area contributed by atoms with E-state index >= 15 is 0 Å². The fraction of sp³-hybridized carbons (Fsp3) is 0.222. The molecule has 3 heterocycles. The molecule has 112 valence electrons. The van der Waals surface area contributed by atoms with Crippen LogP contribution < -0.4 is 4.90 Å². The van der Waals surface area contributed by atoms with E-state index in [1.54, 1.807) is 17.3 Å². The molecule has 0 N–H and O–H groups in total. The molecule has 1 aromatic carbocycles. The molecule has 1 amide bonds. The van der Waals surface area contributed by atoms with Crippen LogP contribution in [0.4, 0.5) is 5.69 Å². The Morgan fingerprint density at radius 2 is 1.87 bits per heavy atom. The molecular weight excluding hydrogens is 288 g/mol. The van der Waals surface area contributed by atoms with E-state index in [-0.39, 0.29) is 11.3 Å². The van der Waals surface area contributed by atoms with E-state index in [9.17, 15) is 4.79 Å². The Kier molecular flexibility index (Phi) is 2.28. The SMILES string of the molecule is CN1C(=O)C2(CC2)c2c1cnc1ccc(-c3cncnc3)cc21. The summed E-state index contributed by atoms with van der Waals surface area (Å²) >= 11 is 0. The third-order valence-electron chi connectivity index (χ3n) is 5.05. The van der Waals surface area contributed by atoms with Crippen molar-refractivity contribution in [1.29, 1.82) is 0 Å². The van der Waals surface area contributed by atoms with Gasteiger partial charge in [-0.3, -0.25) is 9.78 Å². The number of carbonyl (C=O) groups is 1. The summed E-state index contributed by atoms with van der Waals surface area (Å²) in [4.78, 5) is 27.1. The zero-order valence-corrected chi connectivity index (χ0v) is 12.7. The summed E-state index contributed by atoms with van der Waals surface area (Å²) < 4.78 is 0. The van der Waals surface area contributed by atoms with Crippen LogP contribution in [0.2, 0.25) is 0 Å². The standard InChI is InChI=1S/C18H14N4O/c1-22-15-9-21-14-3-2-11(12-7-19-10-20-8-12)6-13(14)16(15)18(4-5-18)17(22)23/h2-3,6-10H,4-5H2,1H3. The number of rotatable bonds is 1. The van der Waals surface area contributed by atoms with Crippen molar-refractivity contribution >= 4 is 22.5 Å². The molecule has 5 heteroatoms. The molecule has 1 fully saturated rings. The first-order chi connectivity index (χ1) is 11.2. The Labute approximate surface area is 133 Å². The fourth-order valence-electron chi connectivity index (χ4n) is 3.69. The Morgan fingerprint density at radius 1 is 1.09 bits per heavy atom. The van der Waals surface area contributed by atoms with E-state index < -0.39 is 0 Å². The van der Waals surface area contributed by atoms with Crippen LogP contribution in [0.5, 0.6) is 0 Å². The number of pyridine rings is 1. The number of amides is 1. The lowest BCUT2D eigenvalue weighted by molar-refractivity contribution is -0.119. The van der Waals surface area contributed by atoms with Gasteiger partial charge in [-0.15, -0.1) is 0 Å². The summed E-state index contributed by atoms with van der Waals surface area (Å²) in [6.45, 7) is 0. The van der Waals surface area contributed by atoms with Gasteiger partial charge in [0.25, 0.3) is 0 Å². The molecule has 1 aliphatic carbocycles. The number of hydrogen-bond donors (Lipinski definition) is 0. The summed E-state index contributed by atoms with van der Waals surface area (Å²) in [6.07, 6.45) is 8.82. The number of fused-ring (bicyclic) bond motifs is 4. The summed E-state index contributed by atoms with van der Waals surface area (Å²) in [7, 11) is 1.84. The van der Waals surface area contributed by atoms with Crippen LogP contribution in [0.15, 0.2) is 43.1 Å². The van der Waals surface area contributed by atoms with E-state index in [1.165, 1.54) is 6.33 Å². The number of carbonyl (C=O) groups excluding carboxylic acids is 1. The highest BCUT2D eigenvalue weighted by molar-refractivity contribution is 6.14. The summed E-state index contributed by atoms with van der Waals surface area (Å²) in [5.41, 5.74) is 4.73. The molecule has 5 rings (SSSR count). The van der Waals surface area contributed by atoms with Crippen molar-refractivity contribution < 1.29 is 4.79 Å². The Bertz CT molecular complexity index is 963. The molecule has 1 spiro atoms. The molecule has 1 saturated carbocycles. The first-order valence-electron chi connectivity index (χ1n) is 7.67. The molecule has 23 heavy (non-hydrogen) atoms. The van der Waals surface area contributed by atoms with Gasteiger partial charge in [0.2, 0.25) is 5.91 Å². The molecule has 0 radical (unpaired) electrons. The average molecular weight is 302 g/mol. The molecule has 3 aromatic rings. The van der Waals surface area contributed by atoms with Crippen LogP contribution >= 0.6 is 0 Å². The second-order valence-electron chi connectivity index (χ2n) is 6.32. The minimum atomic E-state index is -0.308. The monoisotopic (exact) mass is 302 g/mol. The van der Waals surface area contributed by atoms with E-state index in [2.05, 4.69) is 21.0 Å². The van der Waals surface area contributed by atoms with Crippen LogP contribution in [0.1, 0.15) is 18.4 Å². The maximum absolute atomic E-state index is 12.6. The fourth-order valence-corrected chi connectivity index (χ4v) is 3.69. The predicted molar refractivity (Wildman–Crippen MR) is 87.1 cm³/mol. The van der Waals surface area contributed by atoms with Crippen LogP contribution in [0.3, 0.4) is 0 Å². The Morgan fingerprint density at radius 3 is 2.61 bits per heavy atom. The molecule has 2 aromatic heterocycles. The smallest absolute Gasteiger partial charge is 0.237 e. The van der Waals surface area contributed by atoms with Gasteiger partial charge in [-0.1, -0.05) is 6.07 Å². The highest BCUT2D eigenvalue weighted by atomic mass is 16.2. The highest BCUT2D eigenvalue weighted by Crippen LogP contribution is 2.58. The predicted octanol–water partition coefficient (Wildman–Crippen LogP) is 2.70. The number of benzene rings is 1. The van der Waals surface area contributed by atoms with Gasteiger partial charge >= 0.3 is 0 Å². The number of anilines is 1. The van der Waals surface area contributed by atoms with Crippen LogP contribution in [-0.4, -0.2) is 27.9 Å². The number of likely N-dealkylation sites (N-methyl/N-ethyl adjacent to an activating group) is 1. The Balaban J connectivity index is 1.81. The molecule has 2 aliphatic rings. The van der Waals surface area contributed by atoms with E-state index in [0.717, 1.165) is 46.1 Å². The van der Waals surface area contributed by atoms with E-state index in [1.807, 2.05) is 25.4 Å². The minimum Gasteiger partial charge on any atom is -0.313 e. The molecule has 1 aliphatic heterocycles. The second kappa shape index (κ2) is 4.13. The molecule has 0 saturated heterocycles. The number of aromatic nitrogens is 3. The van der Waals surface area contributed by atoms with Gasteiger partial charge in [-0.2, -0.15) is 0 Å². The van der Waals surface area contributed by atoms with Crippen LogP contribution in [0.25, 0.3) is 22.0 Å². The molecule has 0 unspecified atom stereocenters. The number of nitrogens with zero attached hydrogens (tertiary/aromatic N) is 4.